The first-order valence-corrected chi connectivity index (χ1v) is 10.1. The number of hydrogen-bond acceptors (Lipinski definition) is 6. The van der Waals surface area contributed by atoms with E-state index in [9.17, 15) is 9.59 Å². The van der Waals surface area contributed by atoms with E-state index in [2.05, 4.69) is 20.2 Å². The number of benzene rings is 1. The summed E-state index contributed by atoms with van der Waals surface area (Å²) >= 11 is 1.56. The third kappa shape index (κ3) is 3.82. The Bertz CT molecular complexity index is 1000. The standard InChI is InChI=1S/C20H20N4O3S/c25-17(26)8-5-13-3-6-14(7-4-13)23-19(27)16-2-1-10-24(16)18-15-9-11-28-20(15)22-12-21-18/h3-4,6-7,9,11-12,16H,1-2,5,8,10H2,(H,23,27)(H,25,26). The summed E-state index contributed by atoms with van der Waals surface area (Å²) in [5.74, 6) is -0.0612. The molecule has 8 heteroatoms. The van der Waals surface area contributed by atoms with Crippen molar-refractivity contribution in [1.82, 2.24) is 9.97 Å². The van der Waals surface area contributed by atoms with Gasteiger partial charge in [0.05, 0.1) is 5.39 Å². The highest BCUT2D eigenvalue weighted by molar-refractivity contribution is 7.16. The summed E-state index contributed by atoms with van der Waals surface area (Å²) in [5.41, 5.74) is 1.64. The van der Waals surface area contributed by atoms with Crippen LogP contribution in [0.15, 0.2) is 42.0 Å². The predicted octanol–water partition coefficient (Wildman–Crippen LogP) is 3.32. The van der Waals surface area contributed by atoms with Gasteiger partial charge in [-0.15, -0.1) is 11.3 Å². The fraction of sp³-hybridized carbons (Fsp3) is 0.300. The van der Waals surface area contributed by atoms with Crippen LogP contribution in [-0.4, -0.2) is 39.5 Å². The number of fused-ring (bicyclic) bond motifs is 1. The topological polar surface area (TPSA) is 95.4 Å². The normalized spacial score (nSPS) is 16.4. The molecule has 3 aromatic rings. The van der Waals surface area contributed by atoms with Crippen molar-refractivity contribution in [3.05, 3.63) is 47.6 Å². The second-order valence-corrected chi connectivity index (χ2v) is 7.66. The second kappa shape index (κ2) is 7.93. The molecule has 2 N–H and O–H groups in total. The Kier molecular flexibility index (Phi) is 5.21. The van der Waals surface area contributed by atoms with Gasteiger partial charge < -0.3 is 15.3 Å². The van der Waals surface area contributed by atoms with Crippen LogP contribution in [0.4, 0.5) is 11.5 Å². The van der Waals surface area contributed by atoms with Crippen LogP contribution in [0.1, 0.15) is 24.8 Å². The lowest BCUT2D eigenvalue weighted by Gasteiger charge is -2.25. The van der Waals surface area contributed by atoms with E-state index in [1.165, 1.54) is 0 Å². The highest BCUT2D eigenvalue weighted by atomic mass is 32.1. The maximum Gasteiger partial charge on any atom is 0.303 e. The maximum atomic E-state index is 12.9. The van der Waals surface area contributed by atoms with Crippen molar-refractivity contribution in [2.45, 2.75) is 31.7 Å². The molecule has 7 nitrogen and oxygen atoms in total. The largest absolute Gasteiger partial charge is 0.481 e. The number of thiophene rings is 1. The Balaban J connectivity index is 1.47. The maximum absolute atomic E-state index is 12.9. The molecule has 1 aromatic carbocycles. The fourth-order valence-corrected chi connectivity index (χ4v) is 4.26. The van der Waals surface area contributed by atoms with Crippen LogP contribution in [0.2, 0.25) is 0 Å². The third-order valence-electron chi connectivity index (χ3n) is 4.92. The van der Waals surface area contributed by atoms with E-state index in [1.54, 1.807) is 17.7 Å². The van der Waals surface area contributed by atoms with Crippen LogP contribution in [0.5, 0.6) is 0 Å². The van der Waals surface area contributed by atoms with Gasteiger partial charge in [-0.05, 0) is 48.4 Å². The zero-order valence-electron chi connectivity index (χ0n) is 15.2. The summed E-state index contributed by atoms with van der Waals surface area (Å²) < 4.78 is 0. The quantitative estimate of drug-likeness (QED) is 0.664. The number of aromatic nitrogens is 2. The first-order valence-electron chi connectivity index (χ1n) is 9.18. The van der Waals surface area contributed by atoms with Gasteiger partial charge in [-0.2, -0.15) is 0 Å². The molecule has 1 saturated heterocycles. The molecule has 0 saturated carbocycles. The zero-order valence-corrected chi connectivity index (χ0v) is 16.0. The van der Waals surface area contributed by atoms with E-state index >= 15 is 0 Å². The van der Waals surface area contributed by atoms with E-state index in [4.69, 9.17) is 5.11 Å². The molecule has 28 heavy (non-hydrogen) atoms. The van der Waals surface area contributed by atoms with Gasteiger partial charge in [-0.25, -0.2) is 9.97 Å². The number of nitrogens with one attached hydrogen (secondary N) is 1. The van der Waals surface area contributed by atoms with E-state index in [0.717, 1.165) is 41.0 Å². The number of carbonyl (C=O) groups excluding carboxylic acids is 1. The molecule has 144 valence electrons. The van der Waals surface area contributed by atoms with Crippen LogP contribution in [0.3, 0.4) is 0 Å². The highest BCUT2D eigenvalue weighted by Crippen LogP contribution is 2.32. The van der Waals surface area contributed by atoms with Crippen LogP contribution >= 0.6 is 11.3 Å². The van der Waals surface area contributed by atoms with Gasteiger partial charge >= 0.3 is 5.97 Å². The SMILES string of the molecule is O=C(O)CCc1ccc(NC(=O)C2CCCN2c2ncnc3sccc23)cc1. The van der Waals surface area contributed by atoms with Crippen LogP contribution in [-0.2, 0) is 16.0 Å². The number of carbonyl (C=O) groups is 2. The molecular formula is C20H20N4O3S. The van der Waals surface area contributed by atoms with Crippen molar-refractivity contribution in [1.29, 1.82) is 0 Å². The Morgan fingerprint density at radius 3 is 2.82 bits per heavy atom. The Hall–Kier alpha value is -3.00. The van der Waals surface area contributed by atoms with Gasteiger partial charge in [0.1, 0.15) is 23.0 Å². The Morgan fingerprint density at radius 1 is 1.21 bits per heavy atom. The summed E-state index contributed by atoms with van der Waals surface area (Å²) in [6, 6.07) is 9.06. The minimum Gasteiger partial charge on any atom is -0.481 e. The van der Waals surface area contributed by atoms with E-state index < -0.39 is 5.97 Å². The van der Waals surface area contributed by atoms with Crippen LogP contribution < -0.4 is 10.2 Å². The average Bonchev–Trinajstić information content (AvgIpc) is 3.36. The zero-order chi connectivity index (χ0) is 19.5. The van der Waals surface area contributed by atoms with Crippen molar-refractivity contribution in [3.8, 4) is 0 Å². The summed E-state index contributed by atoms with van der Waals surface area (Å²) in [4.78, 5) is 35.3. The number of aliphatic carboxylic acids is 1. The Morgan fingerprint density at radius 2 is 2.04 bits per heavy atom. The summed E-state index contributed by atoms with van der Waals surface area (Å²) in [5, 5.41) is 14.7. The number of hydrogen-bond donors (Lipinski definition) is 2. The van der Waals surface area contributed by atoms with Gasteiger partial charge in [0.2, 0.25) is 5.91 Å². The Labute approximate surface area is 166 Å². The van der Waals surface area contributed by atoms with Gasteiger partial charge in [-0.1, -0.05) is 12.1 Å². The molecule has 1 fully saturated rings. The number of amides is 1. The number of carboxylic acids is 1. The van der Waals surface area contributed by atoms with E-state index in [1.807, 2.05) is 35.7 Å². The van der Waals surface area contributed by atoms with E-state index in [0.29, 0.717) is 12.1 Å². The third-order valence-corrected chi connectivity index (χ3v) is 5.74. The average molecular weight is 396 g/mol. The van der Waals surface area contributed by atoms with Gasteiger partial charge in [0.25, 0.3) is 0 Å². The van der Waals surface area contributed by atoms with Crippen molar-refractivity contribution in [3.63, 3.8) is 0 Å². The first-order chi connectivity index (χ1) is 13.6. The molecule has 2 aromatic heterocycles. The summed E-state index contributed by atoms with van der Waals surface area (Å²) in [7, 11) is 0. The molecule has 1 aliphatic rings. The van der Waals surface area contributed by atoms with Gasteiger partial charge in [-0.3, -0.25) is 9.59 Å². The van der Waals surface area contributed by atoms with Crippen molar-refractivity contribution in [2.24, 2.45) is 0 Å². The van der Waals surface area contributed by atoms with Crippen LogP contribution in [0.25, 0.3) is 10.2 Å². The van der Waals surface area contributed by atoms with Crippen LogP contribution in [0, 0.1) is 0 Å². The molecule has 0 radical (unpaired) electrons. The molecular weight excluding hydrogens is 376 g/mol. The summed E-state index contributed by atoms with van der Waals surface area (Å²) in [6.07, 6.45) is 3.83. The molecule has 1 atom stereocenters. The lowest BCUT2D eigenvalue weighted by atomic mass is 10.1. The molecule has 0 aliphatic carbocycles. The second-order valence-electron chi connectivity index (χ2n) is 6.77. The van der Waals surface area contributed by atoms with Gasteiger partial charge in [0, 0.05) is 18.7 Å². The monoisotopic (exact) mass is 396 g/mol. The minimum atomic E-state index is -0.817. The molecule has 3 heterocycles. The number of rotatable bonds is 6. The summed E-state index contributed by atoms with van der Waals surface area (Å²) in [6.45, 7) is 0.786. The number of carboxylic acid groups (broad SMARTS) is 1. The fourth-order valence-electron chi connectivity index (χ4n) is 3.53. The number of anilines is 2. The highest BCUT2D eigenvalue weighted by Gasteiger charge is 2.32. The number of aryl methyl sites for hydroxylation is 1. The minimum absolute atomic E-state index is 0.0576. The molecule has 0 bridgehead atoms. The van der Waals surface area contributed by atoms with Crippen molar-refractivity contribution < 1.29 is 14.7 Å². The molecule has 1 unspecified atom stereocenters. The lowest BCUT2D eigenvalue weighted by molar-refractivity contribution is -0.137. The van der Waals surface area contributed by atoms with Crippen molar-refractivity contribution in [2.75, 3.05) is 16.8 Å². The van der Waals surface area contributed by atoms with E-state index in [-0.39, 0.29) is 18.4 Å². The molecule has 1 amide bonds. The van der Waals surface area contributed by atoms with Crippen molar-refractivity contribution >= 4 is 44.9 Å². The molecule has 0 spiro atoms. The number of nitrogens with zero attached hydrogens (tertiary/aromatic N) is 3. The lowest BCUT2D eigenvalue weighted by Crippen LogP contribution is -2.40. The smallest absolute Gasteiger partial charge is 0.303 e. The molecule has 1 aliphatic heterocycles. The molecule has 4 rings (SSSR count). The predicted molar refractivity (Wildman–Crippen MR) is 109 cm³/mol. The van der Waals surface area contributed by atoms with Gasteiger partial charge in [0.15, 0.2) is 0 Å². The first kappa shape index (κ1) is 18.4.